The molecule has 112 valence electrons. The largest absolute Gasteiger partial charge is 0.352 e. The van der Waals surface area contributed by atoms with Crippen LogP contribution in [0.3, 0.4) is 0 Å². The van der Waals surface area contributed by atoms with E-state index in [1.807, 2.05) is 13.8 Å². The Morgan fingerprint density at radius 1 is 1.40 bits per heavy atom. The van der Waals surface area contributed by atoms with Crippen LogP contribution in [0.15, 0.2) is 12.1 Å². The highest BCUT2D eigenvalue weighted by atomic mass is 35.5. The number of pyridine rings is 1. The van der Waals surface area contributed by atoms with Crippen molar-refractivity contribution in [3.05, 3.63) is 28.5 Å². The number of nitrogens with one attached hydrogen (secondary N) is 1. The number of halogens is 1. The van der Waals surface area contributed by atoms with Crippen molar-refractivity contribution in [2.75, 3.05) is 18.6 Å². The first-order valence-corrected chi connectivity index (χ1v) is 8.76. The minimum atomic E-state index is -2.99. The standard InChI is InChI=1S/C13H19ClN2O3S/c1-9(2)11-7-10(8-12(14)16-11)13(17)15-5-4-6-20(3,18)19/h7-9H,4-6H2,1-3H3,(H,15,17). The van der Waals surface area contributed by atoms with Crippen LogP contribution in [0.5, 0.6) is 0 Å². The van der Waals surface area contributed by atoms with Crippen molar-refractivity contribution in [1.29, 1.82) is 0 Å². The predicted molar refractivity (Wildman–Crippen MR) is 80.0 cm³/mol. The van der Waals surface area contributed by atoms with E-state index in [-0.39, 0.29) is 22.7 Å². The molecular formula is C13H19ClN2O3S. The van der Waals surface area contributed by atoms with E-state index in [4.69, 9.17) is 11.6 Å². The number of nitrogens with zero attached hydrogens (tertiary/aromatic N) is 1. The minimum Gasteiger partial charge on any atom is -0.352 e. The maximum atomic E-state index is 11.9. The molecule has 0 fully saturated rings. The highest BCUT2D eigenvalue weighted by molar-refractivity contribution is 7.90. The topological polar surface area (TPSA) is 76.1 Å². The second-order valence-corrected chi connectivity index (χ2v) is 7.64. The van der Waals surface area contributed by atoms with Crippen LogP contribution in [0, 0.1) is 0 Å². The van der Waals surface area contributed by atoms with E-state index in [0.717, 1.165) is 5.69 Å². The van der Waals surface area contributed by atoms with Gasteiger partial charge in [-0.3, -0.25) is 4.79 Å². The average molecular weight is 319 g/mol. The van der Waals surface area contributed by atoms with Gasteiger partial charge in [0.25, 0.3) is 5.91 Å². The lowest BCUT2D eigenvalue weighted by Gasteiger charge is -2.09. The predicted octanol–water partition coefficient (Wildman–Crippen LogP) is 2.02. The Hall–Kier alpha value is -1.14. The van der Waals surface area contributed by atoms with Crippen molar-refractivity contribution in [2.45, 2.75) is 26.2 Å². The van der Waals surface area contributed by atoms with Gasteiger partial charge in [-0.2, -0.15) is 0 Å². The van der Waals surface area contributed by atoms with E-state index in [9.17, 15) is 13.2 Å². The molecule has 1 aromatic rings. The number of carbonyl (C=O) groups excluding carboxylic acids is 1. The minimum absolute atomic E-state index is 0.0572. The second-order valence-electron chi connectivity index (χ2n) is 5.00. The van der Waals surface area contributed by atoms with Crippen molar-refractivity contribution in [3.8, 4) is 0 Å². The number of carbonyl (C=O) groups is 1. The molecule has 0 saturated heterocycles. The Labute approximate surface area is 124 Å². The van der Waals surface area contributed by atoms with Gasteiger partial charge in [0.1, 0.15) is 15.0 Å². The fourth-order valence-electron chi connectivity index (χ4n) is 1.58. The fraction of sp³-hybridized carbons (Fsp3) is 0.538. The van der Waals surface area contributed by atoms with Crippen molar-refractivity contribution in [2.24, 2.45) is 0 Å². The molecule has 0 unspecified atom stereocenters. The van der Waals surface area contributed by atoms with Gasteiger partial charge in [0.2, 0.25) is 0 Å². The molecular weight excluding hydrogens is 300 g/mol. The smallest absolute Gasteiger partial charge is 0.251 e. The first kappa shape index (κ1) is 16.9. The number of rotatable bonds is 6. The Balaban J connectivity index is 2.64. The molecule has 0 spiro atoms. The number of sulfone groups is 1. The summed E-state index contributed by atoms with van der Waals surface area (Å²) in [4.78, 5) is 16.1. The summed E-state index contributed by atoms with van der Waals surface area (Å²) in [7, 11) is -2.99. The highest BCUT2D eigenvalue weighted by Crippen LogP contribution is 2.17. The molecule has 1 amide bonds. The van der Waals surface area contributed by atoms with Gasteiger partial charge in [-0.25, -0.2) is 13.4 Å². The summed E-state index contributed by atoms with van der Waals surface area (Å²) >= 11 is 5.89. The van der Waals surface area contributed by atoms with Crippen LogP contribution >= 0.6 is 11.6 Å². The normalized spacial score (nSPS) is 11.7. The molecule has 1 N–H and O–H groups in total. The molecule has 1 aromatic heterocycles. The van der Waals surface area contributed by atoms with E-state index in [1.54, 1.807) is 6.07 Å². The zero-order valence-electron chi connectivity index (χ0n) is 11.8. The molecule has 0 radical (unpaired) electrons. The molecule has 0 bridgehead atoms. The fourth-order valence-corrected chi connectivity index (χ4v) is 2.47. The van der Waals surface area contributed by atoms with Crippen LogP contribution < -0.4 is 5.32 Å². The number of hydrogen-bond acceptors (Lipinski definition) is 4. The number of aromatic nitrogens is 1. The zero-order valence-corrected chi connectivity index (χ0v) is 13.4. The summed E-state index contributed by atoms with van der Waals surface area (Å²) in [6, 6.07) is 3.20. The maximum Gasteiger partial charge on any atom is 0.251 e. The van der Waals surface area contributed by atoms with E-state index < -0.39 is 9.84 Å². The highest BCUT2D eigenvalue weighted by Gasteiger charge is 2.11. The van der Waals surface area contributed by atoms with Gasteiger partial charge in [-0.05, 0) is 24.5 Å². The van der Waals surface area contributed by atoms with Gasteiger partial charge >= 0.3 is 0 Å². The SMILES string of the molecule is CC(C)c1cc(C(=O)NCCCS(C)(=O)=O)cc(Cl)n1. The molecule has 7 heteroatoms. The second kappa shape index (κ2) is 7.04. The van der Waals surface area contributed by atoms with E-state index in [0.29, 0.717) is 18.5 Å². The summed E-state index contributed by atoms with van der Waals surface area (Å²) in [5.41, 5.74) is 1.19. The quantitative estimate of drug-likeness (QED) is 0.643. The van der Waals surface area contributed by atoms with E-state index in [1.165, 1.54) is 12.3 Å². The summed E-state index contributed by atoms with van der Waals surface area (Å²) in [6.07, 6.45) is 1.56. The average Bonchev–Trinajstić information content (AvgIpc) is 2.32. The molecule has 0 aliphatic rings. The zero-order chi connectivity index (χ0) is 15.3. The molecule has 20 heavy (non-hydrogen) atoms. The first-order valence-electron chi connectivity index (χ1n) is 6.32. The number of hydrogen-bond donors (Lipinski definition) is 1. The third kappa shape index (κ3) is 5.88. The molecule has 5 nitrogen and oxygen atoms in total. The van der Waals surface area contributed by atoms with E-state index >= 15 is 0 Å². The Morgan fingerprint density at radius 3 is 2.60 bits per heavy atom. The van der Waals surface area contributed by atoms with Crippen LogP contribution in [-0.2, 0) is 9.84 Å². The van der Waals surface area contributed by atoms with Gasteiger partial charge in [-0.1, -0.05) is 25.4 Å². The van der Waals surface area contributed by atoms with Crippen molar-refractivity contribution < 1.29 is 13.2 Å². The molecule has 1 rings (SSSR count). The third-order valence-corrected chi connectivity index (χ3v) is 3.87. The van der Waals surface area contributed by atoms with Gasteiger partial charge < -0.3 is 5.32 Å². The monoisotopic (exact) mass is 318 g/mol. The van der Waals surface area contributed by atoms with Gasteiger partial charge in [0.05, 0.1) is 5.75 Å². The summed E-state index contributed by atoms with van der Waals surface area (Å²) in [5, 5.41) is 2.95. The third-order valence-electron chi connectivity index (χ3n) is 2.65. The Bertz CT molecular complexity index is 585. The van der Waals surface area contributed by atoms with Crippen LogP contribution in [0.25, 0.3) is 0 Å². The molecule has 0 saturated carbocycles. The van der Waals surface area contributed by atoms with Crippen LogP contribution in [0.2, 0.25) is 5.15 Å². The molecule has 0 aliphatic heterocycles. The molecule has 0 atom stereocenters. The van der Waals surface area contributed by atoms with Crippen LogP contribution in [-0.4, -0.2) is 37.9 Å². The first-order chi connectivity index (χ1) is 9.19. The van der Waals surface area contributed by atoms with Gasteiger partial charge in [-0.15, -0.1) is 0 Å². The summed E-state index contributed by atoms with van der Waals surface area (Å²) < 4.78 is 21.9. The Kier molecular flexibility index (Phi) is 5.95. The van der Waals surface area contributed by atoms with Crippen LogP contribution in [0.4, 0.5) is 0 Å². The molecule has 0 aliphatic carbocycles. The van der Waals surface area contributed by atoms with Crippen molar-refractivity contribution >= 4 is 27.3 Å². The summed E-state index contributed by atoms with van der Waals surface area (Å²) in [6.45, 7) is 4.24. The van der Waals surface area contributed by atoms with E-state index in [2.05, 4.69) is 10.3 Å². The molecule has 1 heterocycles. The lowest BCUT2D eigenvalue weighted by atomic mass is 10.1. The lowest BCUT2D eigenvalue weighted by Crippen LogP contribution is -2.26. The van der Waals surface area contributed by atoms with Crippen LogP contribution in [0.1, 0.15) is 42.2 Å². The maximum absolute atomic E-state index is 11.9. The van der Waals surface area contributed by atoms with Crippen molar-refractivity contribution in [1.82, 2.24) is 10.3 Å². The van der Waals surface area contributed by atoms with Crippen molar-refractivity contribution in [3.63, 3.8) is 0 Å². The summed E-state index contributed by atoms with van der Waals surface area (Å²) in [5.74, 6) is -0.0445. The van der Waals surface area contributed by atoms with Gasteiger partial charge in [0, 0.05) is 24.1 Å². The van der Waals surface area contributed by atoms with Gasteiger partial charge in [0.15, 0.2) is 0 Å². The molecule has 0 aromatic carbocycles. The Morgan fingerprint density at radius 2 is 2.05 bits per heavy atom. The lowest BCUT2D eigenvalue weighted by molar-refractivity contribution is 0.0953. The number of amides is 1.